The van der Waals surface area contributed by atoms with E-state index in [1.807, 2.05) is 30.3 Å². The molecular weight excluding hydrogens is 398 g/mol. The Labute approximate surface area is 161 Å². The van der Waals surface area contributed by atoms with Gasteiger partial charge in [0.25, 0.3) is 5.91 Å². The third-order valence-corrected chi connectivity index (χ3v) is 4.39. The summed E-state index contributed by atoms with van der Waals surface area (Å²) in [6.07, 6.45) is 0.818. The highest BCUT2D eigenvalue weighted by Crippen LogP contribution is 2.22. The maximum Gasteiger partial charge on any atom is 0.305 e. The van der Waals surface area contributed by atoms with Crippen LogP contribution in [-0.4, -0.2) is 25.0 Å². The second kappa shape index (κ2) is 10.6. The zero-order chi connectivity index (χ0) is 18.8. The van der Waals surface area contributed by atoms with Gasteiger partial charge in [0.2, 0.25) is 0 Å². The lowest BCUT2D eigenvalue weighted by atomic mass is 10.1. The molecule has 0 saturated heterocycles. The molecule has 5 nitrogen and oxygen atoms in total. The molecule has 0 saturated carbocycles. The lowest BCUT2D eigenvalue weighted by Gasteiger charge is -2.12. The number of carbonyl (C=O) groups excluding carboxylic acids is 2. The fourth-order valence-corrected chi connectivity index (χ4v) is 2.71. The molecule has 138 valence electrons. The first-order valence-corrected chi connectivity index (χ1v) is 9.30. The monoisotopic (exact) mass is 419 g/mol. The van der Waals surface area contributed by atoms with Crippen LogP contribution in [0.3, 0.4) is 0 Å². The van der Waals surface area contributed by atoms with Crippen molar-refractivity contribution in [3.05, 3.63) is 64.1 Å². The van der Waals surface area contributed by atoms with E-state index >= 15 is 0 Å². The van der Waals surface area contributed by atoms with E-state index in [4.69, 9.17) is 9.47 Å². The molecular formula is C20H22BrNO4. The Morgan fingerprint density at radius 3 is 2.58 bits per heavy atom. The number of benzene rings is 2. The van der Waals surface area contributed by atoms with E-state index in [-0.39, 0.29) is 18.3 Å². The van der Waals surface area contributed by atoms with Crippen molar-refractivity contribution in [2.24, 2.45) is 0 Å². The minimum Gasteiger partial charge on any atom is -0.488 e. The minimum atomic E-state index is -0.251. The number of ether oxygens (including phenoxy) is 2. The predicted molar refractivity (Wildman–Crippen MR) is 103 cm³/mol. The number of hydrogen-bond donors (Lipinski definition) is 1. The maximum absolute atomic E-state index is 12.4. The number of para-hydroxylation sites is 1. The molecule has 26 heavy (non-hydrogen) atoms. The van der Waals surface area contributed by atoms with Gasteiger partial charge in [-0.05, 0) is 31.5 Å². The Bertz CT molecular complexity index is 748. The molecule has 0 spiro atoms. The van der Waals surface area contributed by atoms with Gasteiger partial charge in [0.15, 0.2) is 0 Å². The first kappa shape index (κ1) is 20.0. The van der Waals surface area contributed by atoms with Crippen LogP contribution in [0, 0.1) is 0 Å². The lowest BCUT2D eigenvalue weighted by Crippen LogP contribution is -2.25. The summed E-state index contributed by atoms with van der Waals surface area (Å²) in [5, 5.41) is 2.81. The molecule has 0 unspecified atom stereocenters. The van der Waals surface area contributed by atoms with E-state index in [2.05, 4.69) is 21.2 Å². The summed E-state index contributed by atoms with van der Waals surface area (Å²) in [7, 11) is 0. The molecule has 6 heteroatoms. The Morgan fingerprint density at radius 1 is 1.08 bits per heavy atom. The molecule has 1 N–H and O–H groups in total. The van der Waals surface area contributed by atoms with E-state index in [1.165, 1.54) is 0 Å². The van der Waals surface area contributed by atoms with Gasteiger partial charge in [0, 0.05) is 23.0 Å². The number of nitrogens with one attached hydrogen (secondary N) is 1. The van der Waals surface area contributed by atoms with Gasteiger partial charge in [0.1, 0.15) is 12.4 Å². The van der Waals surface area contributed by atoms with Crippen LogP contribution in [0.25, 0.3) is 0 Å². The van der Waals surface area contributed by atoms with Crippen molar-refractivity contribution < 1.29 is 19.1 Å². The van der Waals surface area contributed by atoms with E-state index < -0.39 is 0 Å². The Morgan fingerprint density at radius 2 is 1.81 bits per heavy atom. The van der Waals surface area contributed by atoms with Crippen molar-refractivity contribution in [3.63, 3.8) is 0 Å². The summed E-state index contributed by atoms with van der Waals surface area (Å²) in [4.78, 5) is 23.7. The number of carbonyl (C=O) groups is 2. The molecule has 0 aromatic heterocycles. The molecule has 0 radical (unpaired) electrons. The molecule has 0 fully saturated rings. The molecule has 0 aliphatic heterocycles. The van der Waals surface area contributed by atoms with Crippen LogP contribution in [0.15, 0.2) is 53.0 Å². The zero-order valence-electron chi connectivity index (χ0n) is 14.7. The van der Waals surface area contributed by atoms with Gasteiger partial charge in [-0.1, -0.05) is 46.3 Å². The molecule has 2 rings (SSSR count). The standard InChI is InChI=1S/C20H22BrNO4/c1-2-25-19(23)12-7-13-22-20(24)16-9-4-6-11-18(16)26-14-15-8-3-5-10-17(15)21/h3-6,8-11H,2,7,12-14H2,1H3,(H,22,24). The number of halogens is 1. The zero-order valence-corrected chi connectivity index (χ0v) is 16.3. The number of rotatable bonds is 9. The summed E-state index contributed by atoms with van der Waals surface area (Å²) in [6.45, 7) is 2.89. The molecule has 1 amide bonds. The van der Waals surface area contributed by atoms with Crippen molar-refractivity contribution in [2.75, 3.05) is 13.2 Å². The van der Waals surface area contributed by atoms with Crippen LogP contribution in [0.1, 0.15) is 35.7 Å². The fourth-order valence-electron chi connectivity index (χ4n) is 2.31. The van der Waals surface area contributed by atoms with Crippen molar-refractivity contribution in [2.45, 2.75) is 26.4 Å². The topological polar surface area (TPSA) is 64.6 Å². The Balaban J connectivity index is 1.90. The van der Waals surface area contributed by atoms with Crippen molar-refractivity contribution in [3.8, 4) is 5.75 Å². The molecule has 0 heterocycles. The molecule has 2 aromatic carbocycles. The number of esters is 1. The summed E-state index contributed by atoms with van der Waals surface area (Å²) in [6, 6.07) is 14.9. The van der Waals surface area contributed by atoms with Gasteiger partial charge in [-0.15, -0.1) is 0 Å². The lowest BCUT2D eigenvalue weighted by molar-refractivity contribution is -0.143. The molecule has 0 aliphatic carbocycles. The fraction of sp³-hybridized carbons (Fsp3) is 0.300. The number of hydrogen-bond acceptors (Lipinski definition) is 4. The van der Waals surface area contributed by atoms with Gasteiger partial charge in [0.05, 0.1) is 12.2 Å². The normalized spacial score (nSPS) is 10.2. The van der Waals surface area contributed by atoms with E-state index in [9.17, 15) is 9.59 Å². The summed E-state index contributed by atoms with van der Waals surface area (Å²) < 4.78 is 11.7. The largest absolute Gasteiger partial charge is 0.488 e. The van der Waals surface area contributed by atoms with Crippen molar-refractivity contribution in [1.29, 1.82) is 0 Å². The van der Waals surface area contributed by atoms with Crippen molar-refractivity contribution >= 4 is 27.8 Å². The van der Waals surface area contributed by atoms with Gasteiger partial charge in [-0.25, -0.2) is 0 Å². The molecule has 0 bridgehead atoms. The van der Waals surface area contributed by atoms with Crippen LogP contribution in [0.5, 0.6) is 5.75 Å². The van der Waals surface area contributed by atoms with E-state index in [0.29, 0.717) is 37.5 Å². The summed E-state index contributed by atoms with van der Waals surface area (Å²) in [5.41, 5.74) is 1.47. The average molecular weight is 420 g/mol. The highest BCUT2D eigenvalue weighted by molar-refractivity contribution is 9.10. The predicted octanol–water partition coefficient (Wildman–Crippen LogP) is 4.10. The van der Waals surface area contributed by atoms with Crippen LogP contribution >= 0.6 is 15.9 Å². The van der Waals surface area contributed by atoms with Crippen LogP contribution in [0.2, 0.25) is 0 Å². The second-order valence-corrected chi connectivity index (χ2v) is 6.40. The van der Waals surface area contributed by atoms with Crippen LogP contribution < -0.4 is 10.1 Å². The second-order valence-electron chi connectivity index (χ2n) is 5.54. The van der Waals surface area contributed by atoms with E-state index in [0.717, 1.165) is 10.0 Å². The highest BCUT2D eigenvalue weighted by Gasteiger charge is 2.12. The number of amides is 1. The Hall–Kier alpha value is -2.34. The van der Waals surface area contributed by atoms with E-state index in [1.54, 1.807) is 25.1 Å². The van der Waals surface area contributed by atoms with Crippen LogP contribution in [-0.2, 0) is 16.1 Å². The van der Waals surface area contributed by atoms with Crippen LogP contribution in [0.4, 0.5) is 0 Å². The minimum absolute atomic E-state index is 0.225. The molecule has 0 atom stereocenters. The molecule has 2 aromatic rings. The molecule has 0 aliphatic rings. The smallest absolute Gasteiger partial charge is 0.305 e. The first-order valence-electron chi connectivity index (χ1n) is 8.51. The Kier molecular flexibility index (Phi) is 8.15. The van der Waals surface area contributed by atoms with Gasteiger partial charge < -0.3 is 14.8 Å². The van der Waals surface area contributed by atoms with Gasteiger partial charge >= 0.3 is 5.97 Å². The first-order chi connectivity index (χ1) is 12.6. The SMILES string of the molecule is CCOC(=O)CCCNC(=O)c1ccccc1OCc1ccccc1Br. The summed E-state index contributed by atoms with van der Waals surface area (Å²) >= 11 is 3.49. The highest BCUT2D eigenvalue weighted by atomic mass is 79.9. The quantitative estimate of drug-likeness (QED) is 0.490. The van der Waals surface area contributed by atoms with Gasteiger partial charge in [-0.2, -0.15) is 0 Å². The maximum atomic E-state index is 12.4. The summed E-state index contributed by atoms with van der Waals surface area (Å²) in [5.74, 6) is 0.0432. The van der Waals surface area contributed by atoms with Crippen molar-refractivity contribution in [1.82, 2.24) is 5.32 Å². The third kappa shape index (κ3) is 6.19. The average Bonchev–Trinajstić information content (AvgIpc) is 2.65. The third-order valence-electron chi connectivity index (χ3n) is 3.62. The van der Waals surface area contributed by atoms with Gasteiger partial charge in [-0.3, -0.25) is 9.59 Å².